The molecular formula is C9H11BrFN. The van der Waals surface area contributed by atoms with Crippen LogP contribution in [-0.4, -0.2) is 12.7 Å². The Bertz CT molecular complexity index is 252. The first-order valence-electron chi connectivity index (χ1n) is 3.81. The van der Waals surface area contributed by atoms with Crippen LogP contribution in [0.3, 0.4) is 0 Å². The zero-order chi connectivity index (χ0) is 8.97. The number of alkyl halides is 1. The SMILES string of the molecule is NC[C@@H](F)Cc1ccccc1Br. The molecule has 66 valence electrons. The van der Waals surface area contributed by atoms with Gasteiger partial charge in [0.1, 0.15) is 6.17 Å². The average molecular weight is 232 g/mol. The van der Waals surface area contributed by atoms with E-state index in [-0.39, 0.29) is 6.54 Å². The van der Waals surface area contributed by atoms with Crippen molar-refractivity contribution >= 4 is 15.9 Å². The van der Waals surface area contributed by atoms with E-state index >= 15 is 0 Å². The molecule has 0 aliphatic carbocycles. The fourth-order valence-corrected chi connectivity index (χ4v) is 1.43. The van der Waals surface area contributed by atoms with E-state index in [1.165, 1.54) is 0 Å². The minimum Gasteiger partial charge on any atom is -0.328 e. The van der Waals surface area contributed by atoms with Crippen LogP contribution < -0.4 is 5.73 Å². The molecule has 0 heterocycles. The second-order valence-electron chi connectivity index (χ2n) is 2.63. The van der Waals surface area contributed by atoms with Crippen molar-refractivity contribution < 1.29 is 4.39 Å². The molecule has 1 atom stereocenters. The van der Waals surface area contributed by atoms with Crippen molar-refractivity contribution in [1.29, 1.82) is 0 Å². The molecule has 1 aromatic carbocycles. The zero-order valence-corrected chi connectivity index (χ0v) is 8.22. The Morgan fingerprint density at radius 2 is 2.08 bits per heavy atom. The second-order valence-corrected chi connectivity index (χ2v) is 3.48. The van der Waals surface area contributed by atoms with Gasteiger partial charge in [-0.2, -0.15) is 0 Å². The summed E-state index contributed by atoms with van der Waals surface area (Å²) >= 11 is 3.35. The summed E-state index contributed by atoms with van der Waals surface area (Å²) in [6.45, 7) is 0.0847. The van der Waals surface area contributed by atoms with Gasteiger partial charge in [-0.1, -0.05) is 34.1 Å². The van der Waals surface area contributed by atoms with Crippen LogP contribution in [0.4, 0.5) is 4.39 Å². The predicted octanol–water partition coefficient (Wildman–Crippen LogP) is 2.29. The molecule has 0 saturated carbocycles. The first kappa shape index (κ1) is 9.68. The number of rotatable bonds is 3. The highest BCUT2D eigenvalue weighted by Crippen LogP contribution is 2.17. The van der Waals surface area contributed by atoms with Gasteiger partial charge in [-0.25, -0.2) is 4.39 Å². The third kappa shape index (κ3) is 2.57. The maximum atomic E-state index is 12.9. The van der Waals surface area contributed by atoms with Crippen molar-refractivity contribution in [3.8, 4) is 0 Å². The molecule has 0 spiro atoms. The van der Waals surface area contributed by atoms with Crippen LogP contribution in [0.25, 0.3) is 0 Å². The Hall–Kier alpha value is -0.410. The van der Waals surface area contributed by atoms with Crippen molar-refractivity contribution in [2.24, 2.45) is 5.73 Å². The summed E-state index contributed by atoms with van der Waals surface area (Å²) in [5.74, 6) is 0. The van der Waals surface area contributed by atoms with Crippen molar-refractivity contribution in [3.63, 3.8) is 0 Å². The van der Waals surface area contributed by atoms with E-state index in [0.717, 1.165) is 10.0 Å². The van der Waals surface area contributed by atoms with Crippen molar-refractivity contribution in [2.75, 3.05) is 6.54 Å². The number of hydrogen-bond donors (Lipinski definition) is 1. The van der Waals surface area contributed by atoms with Gasteiger partial charge in [0.15, 0.2) is 0 Å². The average Bonchev–Trinajstić information content (AvgIpc) is 2.09. The lowest BCUT2D eigenvalue weighted by atomic mass is 10.1. The van der Waals surface area contributed by atoms with Gasteiger partial charge in [0.05, 0.1) is 0 Å². The van der Waals surface area contributed by atoms with Crippen molar-refractivity contribution in [1.82, 2.24) is 0 Å². The fourth-order valence-electron chi connectivity index (χ4n) is 0.986. The summed E-state index contributed by atoms with van der Waals surface area (Å²) in [5.41, 5.74) is 6.15. The number of benzene rings is 1. The number of nitrogens with two attached hydrogens (primary N) is 1. The first-order valence-corrected chi connectivity index (χ1v) is 4.61. The summed E-state index contributed by atoms with van der Waals surface area (Å²) < 4.78 is 13.8. The minimum atomic E-state index is -0.941. The monoisotopic (exact) mass is 231 g/mol. The van der Waals surface area contributed by atoms with E-state index in [1.54, 1.807) is 0 Å². The lowest BCUT2D eigenvalue weighted by molar-refractivity contribution is 0.340. The maximum Gasteiger partial charge on any atom is 0.116 e. The van der Waals surface area contributed by atoms with E-state index < -0.39 is 6.17 Å². The lowest BCUT2D eigenvalue weighted by Gasteiger charge is -2.06. The summed E-state index contributed by atoms with van der Waals surface area (Å²) in [6.07, 6.45) is -0.554. The highest BCUT2D eigenvalue weighted by atomic mass is 79.9. The molecule has 0 aliphatic heterocycles. The van der Waals surface area contributed by atoms with Gasteiger partial charge in [-0.3, -0.25) is 0 Å². The Labute approximate surface area is 79.9 Å². The molecule has 1 nitrogen and oxygen atoms in total. The minimum absolute atomic E-state index is 0.0847. The maximum absolute atomic E-state index is 12.9. The molecule has 1 rings (SSSR count). The molecule has 0 aromatic heterocycles. The Kier molecular flexibility index (Phi) is 3.69. The molecule has 0 bridgehead atoms. The van der Waals surface area contributed by atoms with Crippen LogP contribution in [0.1, 0.15) is 5.56 Å². The smallest absolute Gasteiger partial charge is 0.116 e. The van der Waals surface area contributed by atoms with Crippen LogP contribution in [-0.2, 0) is 6.42 Å². The first-order chi connectivity index (χ1) is 5.74. The summed E-state index contributed by atoms with van der Waals surface area (Å²) in [5, 5.41) is 0. The molecule has 0 aliphatic rings. The largest absolute Gasteiger partial charge is 0.328 e. The molecular weight excluding hydrogens is 221 g/mol. The highest BCUT2D eigenvalue weighted by Gasteiger charge is 2.06. The summed E-state index contributed by atoms with van der Waals surface area (Å²) in [6, 6.07) is 7.59. The molecule has 2 N–H and O–H groups in total. The van der Waals surface area contributed by atoms with Crippen LogP contribution >= 0.6 is 15.9 Å². The lowest BCUT2D eigenvalue weighted by Crippen LogP contribution is -2.17. The Morgan fingerprint density at radius 1 is 1.42 bits per heavy atom. The van der Waals surface area contributed by atoms with Gasteiger partial charge in [0.2, 0.25) is 0 Å². The molecule has 0 radical (unpaired) electrons. The molecule has 0 unspecified atom stereocenters. The van der Waals surface area contributed by atoms with Crippen LogP contribution in [0.2, 0.25) is 0 Å². The normalized spacial score (nSPS) is 12.9. The van der Waals surface area contributed by atoms with Crippen molar-refractivity contribution in [3.05, 3.63) is 34.3 Å². The van der Waals surface area contributed by atoms with Gasteiger partial charge >= 0.3 is 0 Å². The summed E-state index contributed by atoms with van der Waals surface area (Å²) in [7, 11) is 0. The van der Waals surface area contributed by atoms with Crippen LogP contribution in [0, 0.1) is 0 Å². The van der Waals surface area contributed by atoms with E-state index in [1.807, 2.05) is 24.3 Å². The predicted molar refractivity (Wildman–Crippen MR) is 51.8 cm³/mol. The molecule has 3 heteroatoms. The highest BCUT2D eigenvalue weighted by molar-refractivity contribution is 9.10. The molecule has 1 aromatic rings. The van der Waals surface area contributed by atoms with Crippen molar-refractivity contribution in [2.45, 2.75) is 12.6 Å². The van der Waals surface area contributed by atoms with E-state index in [2.05, 4.69) is 15.9 Å². The Balaban J connectivity index is 2.69. The standard InChI is InChI=1S/C9H11BrFN/c10-9-4-2-1-3-7(9)5-8(11)6-12/h1-4,8H,5-6,12H2/t8-/m0/s1. The third-order valence-corrected chi connectivity index (χ3v) is 2.43. The number of hydrogen-bond acceptors (Lipinski definition) is 1. The van der Waals surface area contributed by atoms with E-state index in [0.29, 0.717) is 6.42 Å². The van der Waals surface area contributed by atoms with Gasteiger partial charge in [0.25, 0.3) is 0 Å². The van der Waals surface area contributed by atoms with Crippen LogP contribution in [0.15, 0.2) is 28.7 Å². The zero-order valence-electron chi connectivity index (χ0n) is 6.63. The quantitative estimate of drug-likeness (QED) is 0.850. The van der Waals surface area contributed by atoms with Gasteiger partial charge in [0, 0.05) is 17.4 Å². The molecule has 0 fully saturated rings. The van der Waals surface area contributed by atoms with Crippen LogP contribution in [0.5, 0.6) is 0 Å². The molecule has 12 heavy (non-hydrogen) atoms. The van der Waals surface area contributed by atoms with Gasteiger partial charge in [-0.15, -0.1) is 0 Å². The number of halogens is 2. The Morgan fingerprint density at radius 3 is 2.67 bits per heavy atom. The van der Waals surface area contributed by atoms with E-state index in [4.69, 9.17) is 5.73 Å². The summed E-state index contributed by atoms with van der Waals surface area (Å²) in [4.78, 5) is 0. The van der Waals surface area contributed by atoms with Gasteiger partial charge < -0.3 is 5.73 Å². The van der Waals surface area contributed by atoms with E-state index in [9.17, 15) is 4.39 Å². The van der Waals surface area contributed by atoms with Gasteiger partial charge in [-0.05, 0) is 11.6 Å². The third-order valence-electron chi connectivity index (χ3n) is 1.65. The fraction of sp³-hybridized carbons (Fsp3) is 0.333. The second kappa shape index (κ2) is 4.58. The molecule has 0 saturated heterocycles. The topological polar surface area (TPSA) is 26.0 Å². The molecule has 0 amide bonds.